The summed E-state index contributed by atoms with van der Waals surface area (Å²) in [6, 6.07) is 3.13. The first-order chi connectivity index (χ1) is 16.7. The Balaban J connectivity index is 2.05. The normalized spacial score (nSPS) is 31.7. The summed E-state index contributed by atoms with van der Waals surface area (Å²) in [6.45, 7) is 8.11. The minimum Gasteiger partial charge on any atom is -0.511 e. The molecule has 0 bridgehead atoms. The lowest BCUT2D eigenvalue weighted by molar-refractivity contribution is -0.171. The van der Waals surface area contributed by atoms with Crippen LogP contribution in [0.2, 0.25) is 0 Å². The Morgan fingerprint density at radius 1 is 1.19 bits per heavy atom. The molecule has 4 N–H and O–H groups in total. The number of terminal acetylenes is 1. The number of fused-ring (bicyclic) bond motifs is 3. The van der Waals surface area contributed by atoms with E-state index in [1.54, 1.807) is 33.8 Å². The van der Waals surface area contributed by atoms with E-state index in [2.05, 4.69) is 5.92 Å². The fraction of sp³-hybridized carbons (Fsp3) is 0.483. The molecule has 1 unspecified atom stereocenters. The van der Waals surface area contributed by atoms with Crippen LogP contribution in [-0.4, -0.2) is 43.4 Å². The Morgan fingerprint density at radius 2 is 1.83 bits per heavy atom. The molecular formula is C29H32O7. The number of aliphatic hydroxyl groups is 3. The highest BCUT2D eigenvalue weighted by atomic mass is 16.3. The molecule has 0 aromatic heterocycles. The molecule has 190 valence electrons. The first kappa shape index (κ1) is 25.7. The number of aryl methyl sites for hydroxylation is 1. The fourth-order valence-electron chi connectivity index (χ4n) is 7.23. The molecule has 1 aromatic carbocycles. The molecule has 0 saturated carbocycles. The SMILES string of the molecule is C#CCCc1ccc(O)c2c1C[C@]1(C)C[C@]3(C)C(C(C)C)C(O)=C(C(C)=O)C(=O)[C@]3(O)C(O)=C1C2=O. The number of carbonyl (C=O) groups is 3. The average molecular weight is 493 g/mol. The second-order valence-corrected chi connectivity index (χ2v) is 11.3. The molecule has 0 fully saturated rings. The van der Waals surface area contributed by atoms with E-state index < -0.39 is 56.8 Å². The first-order valence-corrected chi connectivity index (χ1v) is 12.1. The van der Waals surface area contributed by atoms with E-state index in [9.17, 15) is 34.8 Å². The number of aromatic hydroxyl groups is 1. The van der Waals surface area contributed by atoms with Crippen LogP contribution in [0, 0.1) is 35.0 Å². The van der Waals surface area contributed by atoms with Crippen LogP contribution >= 0.6 is 0 Å². The lowest BCUT2D eigenvalue weighted by Crippen LogP contribution is -2.67. The van der Waals surface area contributed by atoms with Gasteiger partial charge in [0.25, 0.3) is 0 Å². The molecule has 0 radical (unpaired) electrons. The van der Waals surface area contributed by atoms with Crippen molar-refractivity contribution in [3.05, 3.63) is 51.5 Å². The van der Waals surface area contributed by atoms with Gasteiger partial charge in [-0.05, 0) is 49.3 Å². The number of carbonyl (C=O) groups excluding carboxylic acids is 3. The van der Waals surface area contributed by atoms with Crippen molar-refractivity contribution < 1.29 is 34.8 Å². The van der Waals surface area contributed by atoms with Gasteiger partial charge in [-0.2, -0.15) is 0 Å². The van der Waals surface area contributed by atoms with E-state index in [1.165, 1.54) is 6.07 Å². The molecule has 3 aliphatic rings. The molecular weight excluding hydrogens is 460 g/mol. The maximum absolute atomic E-state index is 13.9. The van der Waals surface area contributed by atoms with Crippen molar-refractivity contribution in [2.45, 2.75) is 65.9 Å². The van der Waals surface area contributed by atoms with Crippen LogP contribution in [0.4, 0.5) is 0 Å². The van der Waals surface area contributed by atoms with E-state index >= 15 is 0 Å². The second-order valence-electron chi connectivity index (χ2n) is 11.3. The first-order valence-electron chi connectivity index (χ1n) is 12.1. The summed E-state index contributed by atoms with van der Waals surface area (Å²) in [4.78, 5) is 39.9. The summed E-state index contributed by atoms with van der Waals surface area (Å²) in [6.07, 6.45) is 6.69. The van der Waals surface area contributed by atoms with E-state index in [-0.39, 0.29) is 35.6 Å². The minimum absolute atomic E-state index is 0.0181. The van der Waals surface area contributed by atoms with Gasteiger partial charge in [0, 0.05) is 28.7 Å². The van der Waals surface area contributed by atoms with Gasteiger partial charge in [0.05, 0.1) is 5.56 Å². The van der Waals surface area contributed by atoms with Crippen LogP contribution in [0.15, 0.2) is 34.8 Å². The van der Waals surface area contributed by atoms with Gasteiger partial charge in [0.15, 0.2) is 17.2 Å². The van der Waals surface area contributed by atoms with Gasteiger partial charge in [-0.1, -0.05) is 33.8 Å². The number of rotatable bonds is 4. The summed E-state index contributed by atoms with van der Waals surface area (Å²) in [7, 11) is 0. The Hall–Kier alpha value is -3.37. The topological polar surface area (TPSA) is 132 Å². The summed E-state index contributed by atoms with van der Waals surface area (Å²) in [5.41, 5.74) is -4.34. The van der Waals surface area contributed by atoms with Crippen molar-refractivity contribution in [2.75, 3.05) is 0 Å². The fourth-order valence-corrected chi connectivity index (χ4v) is 7.23. The standard InChI is InChI=1S/C29H32O7/c1-7-8-9-16-10-11-18(31)20-17(16)12-27(5)13-28(6)21(14(2)3)23(32)19(15(4)30)25(34)29(28,36)26(35)22(27)24(20)33/h1,10-11,14,21,31-32,35-36H,8-9,12-13H2,2-6H3/t21?,27-,28-,29+/m1/s1. The molecule has 4 rings (SSSR count). The molecule has 7 heteroatoms. The number of benzene rings is 1. The molecule has 4 atom stereocenters. The number of phenols is 1. The third-order valence-electron chi connectivity index (χ3n) is 8.53. The van der Waals surface area contributed by atoms with Crippen molar-refractivity contribution in [3.63, 3.8) is 0 Å². The molecule has 3 aliphatic carbocycles. The van der Waals surface area contributed by atoms with Gasteiger partial charge < -0.3 is 20.4 Å². The van der Waals surface area contributed by atoms with Gasteiger partial charge in [-0.3, -0.25) is 14.4 Å². The quantitative estimate of drug-likeness (QED) is 0.370. The van der Waals surface area contributed by atoms with Crippen molar-refractivity contribution >= 4 is 17.3 Å². The summed E-state index contributed by atoms with van der Waals surface area (Å²) in [5.74, 6) is -2.59. The summed E-state index contributed by atoms with van der Waals surface area (Å²) < 4.78 is 0. The molecule has 0 amide bonds. The highest BCUT2D eigenvalue weighted by molar-refractivity contribution is 6.25. The van der Waals surface area contributed by atoms with Crippen LogP contribution in [0.3, 0.4) is 0 Å². The van der Waals surface area contributed by atoms with Gasteiger partial charge in [-0.15, -0.1) is 12.3 Å². The van der Waals surface area contributed by atoms with Crippen LogP contribution in [0.1, 0.15) is 68.9 Å². The number of Topliss-reactive ketones (excluding diaryl/α,β-unsaturated/α-hetero) is 3. The number of hydrogen-bond acceptors (Lipinski definition) is 7. The second kappa shape index (κ2) is 8.07. The van der Waals surface area contributed by atoms with Gasteiger partial charge in [0.1, 0.15) is 22.8 Å². The summed E-state index contributed by atoms with van der Waals surface area (Å²) >= 11 is 0. The lowest BCUT2D eigenvalue weighted by atomic mass is 9.44. The molecule has 36 heavy (non-hydrogen) atoms. The molecule has 7 nitrogen and oxygen atoms in total. The third-order valence-corrected chi connectivity index (χ3v) is 8.53. The highest BCUT2D eigenvalue weighted by Gasteiger charge is 2.71. The number of aliphatic hydroxyl groups excluding tert-OH is 2. The number of allylic oxidation sites excluding steroid dienone is 2. The van der Waals surface area contributed by atoms with Gasteiger partial charge >= 0.3 is 0 Å². The van der Waals surface area contributed by atoms with Gasteiger partial charge in [-0.25, -0.2) is 0 Å². The smallest absolute Gasteiger partial charge is 0.209 e. The maximum atomic E-state index is 13.9. The predicted octanol–water partition coefficient (Wildman–Crippen LogP) is 3.91. The maximum Gasteiger partial charge on any atom is 0.209 e. The van der Waals surface area contributed by atoms with E-state index in [0.717, 1.165) is 12.5 Å². The Bertz CT molecular complexity index is 1320. The van der Waals surface area contributed by atoms with Crippen LogP contribution in [0.25, 0.3) is 0 Å². The monoisotopic (exact) mass is 492 g/mol. The number of ketones is 3. The molecule has 1 aromatic rings. The number of phenolic OH excluding ortho intramolecular Hbond substituents is 1. The summed E-state index contributed by atoms with van der Waals surface area (Å²) in [5, 5.41) is 45.4. The molecule has 0 saturated heterocycles. The lowest BCUT2D eigenvalue weighted by Gasteiger charge is -2.59. The molecule has 0 spiro atoms. The van der Waals surface area contributed by atoms with Gasteiger partial charge in [0.2, 0.25) is 5.78 Å². The van der Waals surface area contributed by atoms with Crippen LogP contribution in [0.5, 0.6) is 5.75 Å². The van der Waals surface area contributed by atoms with Crippen LogP contribution in [-0.2, 0) is 22.4 Å². The van der Waals surface area contributed by atoms with Crippen molar-refractivity contribution in [3.8, 4) is 18.1 Å². The van der Waals surface area contributed by atoms with E-state index in [0.29, 0.717) is 18.4 Å². The zero-order valence-corrected chi connectivity index (χ0v) is 21.2. The predicted molar refractivity (Wildman–Crippen MR) is 132 cm³/mol. The third kappa shape index (κ3) is 3.07. The van der Waals surface area contributed by atoms with Crippen LogP contribution < -0.4 is 0 Å². The minimum atomic E-state index is -2.60. The average Bonchev–Trinajstić information content (AvgIpc) is 2.75. The highest BCUT2D eigenvalue weighted by Crippen LogP contribution is 2.65. The Kier molecular flexibility index (Phi) is 5.77. The Morgan fingerprint density at radius 3 is 2.39 bits per heavy atom. The largest absolute Gasteiger partial charge is 0.511 e. The van der Waals surface area contributed by atoms with E-state index in [1.807, 2.05) is 0 Å². The number of hydrogen-bond donors (Lipinski definition) is 4. The van der Waals surface area contributed by atoms with E-state index in [4.69, 9.17) is 6.42 Å². The molecule has 0 aliphatic heterocycles. The zero-order valence-electron chi connectivity index (χ0n) is 21.2. The van der Waals surface area contributed by atoms with Crippen molar-refractivity contribution in [1.29, 1.82) is 0 Å². The van der Waals surface area contributed by atoms with Crippen molar-refractivity contribution in [1.82, 2.24) is 0 Å². The molecule has 0 heterocycles. The van der Waals surface area contributed by atoms with Crippen molar-refractivity contribution in [2.24, 2.45) is 22.7 Å². The zero-order chi connectivity index (χ0) is 27.0. The Labute approximate surface area is 210 Å².